The number of piperidine rings is 1. The average Bonchev–Trinajstić information content (AvgIpc) is 3.43. The van der Waals surface area contributed by atoms with E-state index in [-0.39, 0.29) is 24.4 Å². The van der Waals surface area contributed by atoms with E-state index in [4.69, 9.17) is 28.2 Å². The van der Waals surface area contributed by atoms with Crippen LogP contribution < -0.4 is 15.5 Å². The number of nitrogens with one attached hydrogen (secondary N) is 3. The number of amides is 2. The summed E-state index contributed by atoms with van der Waals surface area (Å²) in [5.74, 6) is 0.220. The van der Waals surface area contributed by atoms with Crippen molar-refractivity contribution in [3.8, 4) is 0 Å². The summed E-state index contributed by atoms with van der Waals surface area (Å²) in [5.41, 5.74) is 1.87. The fraction of sp³-hybridized carbons (Fsp3) is 0.429. The van der Waals surface area contributed by atoms with Crippen molar-refractivity contribution in [2.75, 3.05) is 18.0 Å². The molecule has 3 N–H and O–H groups in total. The van der Waals surface area contributed by atoms with E-state index in [2.05, 4.69) is 27.5 Å². The lowest BCUT2D eigenvalue weighted by Gasteiger charge is -2.32. The maximum Gasteiger partial charge on any atom is 0.408 e. The molecule has 2 aromatic heterocycles. The van der Waals surface area contributed by atoms with Gasteiger partial charge in [-0.25, -0.2) is 9.97 Å². The van der Waals surface area contributed by atoms with Crippen LogP contribution in [0.4, 0.5) is 19.0 Å². The number of aromatic amines is 1. The number of nitrogens with zero attached hydrogens (tertiary/aromatic N) is 3. The first-order valence-corrected chi connectivity index (χ1v) is 16.7. The van der Waals surface area contributed by atoms with Crippen LogP contribution >= 0.6 is 23.2 Å². The van der Waals surface area contributed by atoms with Gasteiger partial charge in [0.05, 0.1) is 16.1 Å². The second-order valence-corrected chi connectivity index (χ2v) is 14.2. The number of H-pyrrole nitrogens is 1. The van der Waals surface area contributed by atoms with Gasteiger partial charge in [0, 0.05) is 42.9 Å². The molecule has 8 nitrogen and oxygen atoms in total. The maximum absolute atomic E-state index is 14.2. The predicted octanol–water partition coefficient (Wildman–Crippen LogP) is 7.66. The lowest BCUT2D eigenvalue weighted by Crippen LogP contribution is -2.47. The Morgan fingerprint density at radius 2 is 1.73 bits per heavy atom. The number of pyridine rings is 1. The molecular weight excluding hydrogens is 664 g/mol. The number of alkyl halides is 3. The summed E-state index contributed by atoms with van der Waals surface area (Å²) in [7, 11) is 0. The van der Waals surface area contributed by atoms with E-state index < -0.39 is 30.0 Å². The lowest BCUT2D eigenvalue weighted by atomic mass is 9.95. The van der Waals surface area contributed by atoms with Crippen LogP contribution in [-0.2, 0) is 24.2 Å². The molecule has 2 amide bonds. The number of anilines is 1. The van der Waals surface area contributed by atoms with Crippen molar-refractivity contribution in [1.82, 2.24) is 25.6 Å². The van der Waals surface area contributed by atoms with Crippen molar-refractivity contribution in [1.29, 1.82) is 0 Å². The number of aromatic nitrogens is 3. The Morgan fingerprint density at radius 1 is 1.04 bits per heavy atom. The highest BCUT2D eigenvalue weighted by Crippen LogP contribution is 2.32. The first kappa shape index (κ1) is 35.5. The monoisotopic (exact) mass is 702 g/mol. The van der Waals surface area contributed by atoms with Crippen molar-refractivity contribution < 1.29 is 22.8 Å². The molecule has 256 valence electrons. The number of halogens is 5. The normalized spacial score (nSPS) is 15.1. The highest BCUT2D eigenvalue weighted by atomic mass is 35.5. The van der Waals surface area contributed by atoms with Gasteiger partial charge in [0.25, 0.3) is 5.91 Å². The maximum atomic E-state index is 14.2. The highest BCUT2D eigenvalue weighted by molar-refractivity contribution is 6.36. The van der Waals surface area contributed by atoms with Gasteiger partial charge in [-0.15, -0.1) is 0 Å². The molecule has 0 radical (unpaired) electrons. The molecular formula is C35H39Cl2F3N6O2. The summed E-state index contributed by atoms with van der Waals surface area (Å²) in [5, 5.41) is 5.92. The van der Waals surface area contributed by atoms with Crippen molar-refractivity contribution in [2.24, 2.45) is 11.3 Å². The van der Waals surface area contributed by atoms with E-state index in [9.17, 15) is 22.8 Å². The Kier molecular flexibility index (Phi) is 10.6. The molecule has 5 rings (SSSR count). The van der Waals surface area contributed by atoms with Gasteiger partial charge >= 0.3 is 6.18 Å². The fourth-order valence-electron chi connectivity index (χ4n) is 5.58. The molecule has 13 heteroatoms. The smallest absolute Gasteiger partial charge is 0.356 e. The van der Waals surface area contributed by atoms with Crippen LogP contribution in [0.15, 0.2) is 48.5 Å². The van der Waals surface area contributed by atoms with Crippen LogP contribution in [0.5, 0.6) is 0 Å². The first-order valence-electron chi connectivity index (χ1n) is 15.9. The zero-order valence-corrected chi connectivity index (χ0v) is 28.8. The molecule has 1 unspecified atom stereocenters. The van der Waals surface area contributed by atoms with E-state index in [1.54, 1.807) is 42.5 Å². The van der Waals surface area contributed by atoms with Gasteiger partial charge in [0.15, 0.2) is 5.65 Å². The SMILES string of the molecule is CC1CCN(c2nc3nc(Cc4c(Cl)ccc(CNC(=O)C(C)(C)C)c4Cl)[nH]c3cc2C(=O)NC(Cc2ccccc2)C(F)(F)F)CC1. The van der Waals surface area contributed by atoms with Gasteiger partial charge in [-0.2, -0.15) is 13.2 Å². The number of hydrogen-bond acceptors (Lipinski definition) is 5. The Labute approximate surface area is 287 Å². The molecule has 48 heavy (non-hydrogen) atoms. The van der Waals surface area contributed by atoms with Crippen molar-refractivity contribution in [3.05, 3.63) is 86.7 Å². The van der Waals surface area contributed by atoms with Crippen molar-refractivity contribution in [3.63, 3.8) is 0 Å². The van der Waals surface area contributed by atoms with Gasteiger partial charge in [-0.3, -0.25) is 9.59 Å². The van der Waals surface area contributed by atoms with Crippen LogP contribution in [-0.4, -0.2) is 52.1 Å². The van der Waals surface area contributed by atoms with Crippen LogP contribution in [0.3, 0.4) is 0 Å². The number of hydrogen-bond donors (Lipinski definition) is 3. The molecule has 0 saturated carbocycles. The summed E-state index contributed by atoms with van der Waals surface area (Å²) in [4.78, 5) is 40.6. The molecule has 1 fully saturated rings. The van der Waals surface area contributed by atoms with E-state index in [1.807, 2.05) is 25.7 Å². The summed E-state index contributed by atoms with van der Waals surface area (Å²) in [6, 6.07) is 11.1. The number of rotatable bonds is 9. The van der Waals surface area contributed by atoms with Gasteiger partial charge < -0.3 is 20.5 Å². The van der Waals surface area contributed by atoms with Crippen LogP contribution in [0.2, 0.25) is 10.0 Å². The molecule has 3 heterocycles. The van der Waals surface area contributed by atoms with E-state index in [0.717, 1.165) is 12.8 Å². The van der Waals surface area contributed by atoms with Gasteiger partial charge in [-0.05, 0) is 47.6 Å². The zero-order chi connectivity index (χ0) is 34.8. The standard InChI is InChI=1S/C35H39Cl2F3N6O2/c1-20-12-14-46(15-13-20)31-24(32(47)43-27(35(38,39)40)16-21-8-6-5-7-9-21)17-26-30(45-31)44-28(42-26)18-23-25(36)11-10-22(29(23)37)19-41-33(48)34(2,3)4/h5-11,17,20,27H,12-16,18-19H2,1-4H3,(H,41,48)(H,43,47)(H,42,44,45). The first-order chi connectivity index (χ1) is 22.6. The summed E-state index contributed by atoms with van der Waals surface area (Å²) >= 11 is 13.3. The predicted molar refractivity (Wildman–Crippen MR) is 183 cm³/mol. The van der Waals surface area contributed by atoms with Crippen LogP contribution in [0.1, 0.15) is 73.4 Å². The minimum Gasteiger partial charge on any atom is -0.356 e. The molecule has 0 spiro atoms. The zero-order valence-electron chi connectivity index (χ0n) is 27.3. The van der Waals surface area contributed by atoms with Crippen molar-refractivity contribution in [2.45, 2.75) is 72.1 Å². The largest absolute Gasteiger partial charge is 0.408 e. The number of benzene rings is 2. The highest BCUT2D eigenvalue weighted by Gasteiger charge is 2.41. The van der Waals surface area contributed by atoms with Gasteiger partial charge in [0.2, 0.25) is 5.91 Å². The van der Waals surface area contributed by atoms with Crippen LogP contribution in [0, 0.1) is 11.3 Å². The van der Waals surface area contributed by atoms with E-state index in [1.165, 1.54) is 6.07 Å². The lowest BCUT2D eigenvalue weighted by molar-refractivity contribution is -0.153. The minimum atomic E-state index is -4.67. The quantitative estimate of drug-likeness (QED) is 0.166. The Balaban J connectivity index is 1.46. The second kappa shape index (κ2) is 14.3. The molecule has 1 atom stereocenters. The molecule has 0 bridgehead atoms. The molecule has 1 aliphatic heterocycles. The van der Waals surface area contributed by atoms with E-state index >= 15 is 0 Å². The van der Waals surface area contributed by atoms with E-state index in [0.29, 0.717) is 68.5 Å². The third-order valence-corrected chi connectivity index (χ3v) is 9.37. The average molecular weight is 704 g/mol. The number of imidazole rings is 1. The minimum absolute atomic E-state index is 0.0298. The molecule has 0 aliphatic carbocycles. The third-order valence-electron chi connectivity index (χ3n) is 8.54. The molecule has 1 saturated heterocycles. The molecule has 1 aliphatic rings. The second-order valence-electron chi connectivity index (χ2n) is 13.4. The number of carbonyl (C=O) groups excluding carboxylic acids is 2. The van der Waals surface area contributed by atoms with Crippen LogP contribution in [0.25, 0.3) is 11.2 Å². The van der Waals surface area contributed by atoms with Crippen molar-refractivity contribution >= 4 is 52.0 Å². The summed E-state index contributed by atoms with van der Waals surface area (Å²) < 4.78 is 42.5. The molecule has 2 aromatic carbocycles. The topological polar surface area (TPSA) is 103 Å². The Morgan fingerprint density at radius 3 is 2.38 bits per heavy atom. The van der Waals surface area contributed by atoms with Gasteiger partial charge in [0.1, 0.15) is 17.7 Å². The Hall–Kier alpha value is -3.83. The number of fused-ring (bicyclic) bond motifs is 1. The number of carbonyl (C=O) groups is 2. The summed E-state index contributed by atoms with van der Waals surface area (Å²) in [6.45, 7) is 9.01. The fourth-order valence-corrected chi connectivity index (χ4v) is 6.15. The van der Waals surface area contributed by atoms with Gasteiger partial charge in [-0.1, -0.05) is 87.3 Å². The third kappa shape index (κ3) is 8.41. The Bertz CT molecular complexity index is 1780. The molecule has 4 aromatic rings. The summed E-state index contributed by atoms with van der Waals surface area (Å²) in [6.07, 6.45) is -3.18.